The van der Waals surface area contributed by atoms with Crippen molar-refractivity contribution in [2.45, 2.75) is 36.2 Å². The van der Waals surface area contributed by atoms with E-state index in [-0.39, 0.29) is 5.82 Å². The van der Waals surface area contributed by atoms with Crippen LogP contribution in [0.1, 0.15) is 35.8 Å². The third-order valence-electron chi connectivity index (χ3n) is 4.86. The summed E-state index contributed by atoms with van der Waals surface area (Å²) in [5.74, 6) is 2.15. The molecule has 0 N–H and O–H groups in total. The largest absolute Gasteiger partial charge is 0.301 e. The average molecular weight is 423 g/mol. The molecule has 0 spiro atoms. The van der Waals surface area contributed by atoms with Crippen LogP contribution in [0.3, 0.4) is 0 Å². The molecule has 4 aromatic rings. The molecule has 0 saturated heterocycles. The Hall–Kier alpha value is -2.51. The minimum Gasteiger partial charge on any atom is -0.301 e. The number of hydrogen-bond donors (Lipinski definition) is 0. The van der Waals surface area contributed by atoms with E-state index in [1.54, 1.807) is 35.2 Å². The topological polar surface area (TPSA) is 43.6 Å². The summed E-state index contributed by atoms with van der Waals surface area (Å²) in [4.78, 5) is 4.71. The summed E-state index contributed by atoms with van der Waals surface area (Å²) in [6, 6.07) is 16.9. The Morgan fingerprint density at radius 1 is 1.03 bits per heavy atom. The number of thioether (sulfide) groups is 1. The van der Waals surface area contributed by atoms with Crippen molar-refractivity contribution in [2.24, 2.45) is 0 Å². The molecule has 1 fully saturated rings. The van der Waals surface area contributed by atoms with Crippen molar-refractivity contribution < 1.29 is 4.39 Å². The highest BCUT2D eigenvalue weighted by Crippen LogP contribution is 2.40. The number of benzene rings is 2. The molecule has 5 rings (SSSR count). The Morgan fingerprint density at radius 2 is 1.83 bits per heavy atom. The van der Waals surface area contributed by atoms with Crippen LogP contribution in [0.5, 0.6) is 0 Å². The number of halogens is 1. The number of aromatic nitrogens is 4. The van der Waals surface area contributed by atoms with E-state index >= 15 is 0 Å². The van der Waals surface area contributed by atoms with Crippen LogP contribution in [0.4, 0.5) is 4.39 Å². The Morgan fingerprint density at radius 3 is 2.59 bits per heavy atom. The summed E-state index contributed by atoms with van der Waals surface area (Å²) >= 11 is 3.25. The number of hydrogen-bond acceptors (Lipinski definition) is 5. The van der Waals surface area contributed by atoms with Gasteiger partial charge in [-0.1, -0.05) is 42.1 Å². The second-order valence-corrected chi connectivity index (χ2v) is 8.93. The fourth-order valence-corrected chi connectivity index (χ4v) is 4.97. The SMILES string of the molecule is Fc1ccc(-c2nc(CSc3nnc(C4CC4)n3Cc3ccccc3)cs2)cc1. The van der Waals surface area contributed by atoms with E-state index in [2.05, 4.69) is 44.4 Å². The molecule has 0 amide bonds. The van der Waals surface area contributed by atoms with Crippen molar-refractivity contribution in [2.75, 3.05) is 0 Å². The standard InChI is InChI=1S/C22H19FN4S2/c23-18-10-8-17(9-11-18)21-24-19(13-28-21)14-29-22-26-25-20(16-6-7-16)27(22)12-15-4-2-1-3-5-15/h1-5,8-11,13,16H,6-7,12,14H2. The van der Waals surface area contributed by atoms with E-state index in [1.807, 2.05) is 6.07 Å². The third-order valence-corrected chi connectivity index (χ3v) is 6.80. The van der Waals surface area contributed by atoms with Gasteiger partial charge in [0.05, 0.1) is 12.2 Å². The molecule has 1 aliphatic rings. The van der Waals surface area contributed by atoms with Crippen LogP contribution in [0.25, 0.3) is 10.6 Å². The maximum absolute atomic E-state index is 13.1. The first-order chi connectivity index (χ1) is 14.3. The lowest BCUT2D eigenvalue weighted by atomic mass is 10.2. The van der Waals surface area contributed by atoms with Crippen LogP contribution < -0.4 is 0 Å². The summed E-state index contributed by atoms with van der Waals surface area (Å²) in [6.07, 6.45) is 2.40. The van der Waals surface area contributed by atoms with E-state index in [9.17, 15) is 4.39 Å². The predicted octanol–water partition coefficient (Wildman–Crippen LogP) is 5.76. The second kappa shape index (κ2) is 8.08. The van der Waals surface area contributed by atoms with E-state index in [0.29, 0.717) is 5.92 Å². The highest BCUT2D eigenvalue weighted by molar-refractivity contribution is 7.98. The number of thiazole rings is 1. The van der Waals surface area contributed by atoms with E-state index in [0.717, 1.165) is 39.5 Å². The molecule has 0 atom stereocenters. The first-order valence-corrected chi connectivity index (χ1v) is 11.4. The summed E-state index contributed by atoms with van der Waals surface area (Å²) in [5.41, 5.74) is 3.20. The predicted molar refractivity (Wildman–Crippen MR) is 115 cm³/mol. The zero-order valence-corrected chi connectivity index (χ0v) is 17.3. The quantitative estimate of drug-likeness (QED) is 0.355. The molecule has 0 unspecified atom stereocenters. The second-order valence-electron chi connectivity index (χ2n) is 7.13. The van der Waals surface area contributed by atoms with Gasteiger partial charge in [-0.15, -0.1) is 21.5 Å². The monoisotopic (exact) mass is 422 g/mol. The Kier molecular flexibility index (Phi) is 5.16. The van der Waals surface area contributed by atoms with E-state index in [4.69, 9.17) is 4.98 Å². The molecule has 0 bridgehead atoms. The van der Waals surface area contributed by atoms with Gasteiger partial charge in [-0.25, -0.2) is 9.37 Å². The van der Waals surface area contributed by atoms with Crippen LogP contribution in [-0.4, -0.2) is 19.7 Å². The van der Waals surface area contributed by atoms with E-state index in [1.165, 1.54) is 30.5 Å². The van der Waals surface area contributed by atoms with Crippen molar-refractivity contribution in [3.63, 3.8) is 0 Å². The zero-order valence-electron chi connectivity index (χ0n) is 15.7. The van der Waals surface area contributed by atoms with Gasteiger partial charge in [0.15, 0.2) is 5.16 Å². The summed E-state index contributed by atoms with van der Waals surface area (Å²) < 4.78 is 15.4. The molecule has 4 nitrogen and oxygen atoms in total. The van der Waals surface area contributed by atoms with Gasteiger partial charge >= 0.3 is 0 Å². The molecule has 1 aliphatic carbocycles. The molecule has 146 valence electrons. The lowest BCUT2D eigenvalue weighted by molar-refractivity contribution is 0.628. The van der Waals surface area contributed by atoms with Crippen molar-refractivity contribution in [3.05, 3.63) is 82.9 Å². The first kappa shape index (κ1) is 18.5. The Labute approximate surface area is 176 Å². The number of rotatable bonds is 7. The summed E-state index contributed by atoms with van der Waals surface area (Å²) in [5, 5.41) is 12.9. The molecule has 29 heavy (non-hydrogen) atoms. The van der Waals surface area contributed by atoms with Crippen LogP contribution >= 0.6 is 23.1 Å². The van der Waals surface area contributed by atoms with Crippen molar-refractivity contribution in [1.29, 1.82) is 0 Å². The highest BCUT2D eigenvalue weighted by Gasteiger charge is 2.30. The smallest absolute Gasteiger partial charge is 0.191 e. The highest BCUT2D eigenvalue weighted by atomic mass is 32.2. The fourth-order valence-electron chi connectivity index (χ4n) is 3.20. The van der Waals surface area contributed by atoms with Gasteiger partial charge in [0.1, 0.15) is 16.6 Å². The lowest BCUT2D eigenvalue weighted by Gasteiger charge is -2.09. The summed E-state index contributed by atoms with van der Waals surface area (Å²) in [7, 11) is 0. The first-order valence-electron chi connectivity index (χ1n) is 9.56. The fraction of sp³-hybridized carbons (Fsp3) is 0.227. The van der Waals surface area contributed by atoms with Gasteiger partial charge in [0.25, 0.3) is 0 Å². The molecule has 2 aromatic carbocycles. The Balaban J connectivity index is 1.33. The average Bonchev–Trinajstić information content (AvgIpc) is 3.35. The van der Waals surface area contributed by atoms with Gasteiger partial charge in [0, 0.05) is 22.6 Å². The maximum Gasteiger partial charge on any atom is 0.191 e. The maximum atomic E-state index is 13.1. The van der Waals surface area contributed by atoms with Crippen molar-refractivity contribution >= 4 is 23.1 Å². The van der Waals surface area contributed by atoms with Gasteiger partial charge < -0.3 is 4.57 Å². The zero-order chi connectivity index (χ0) is 19.6. The minimum atomic E-state index is -0.231. The Bertz CT molecular complexity index is 1100. The van der Waals surface area contributed by atoms with Crippen LogP contribution in [0, 0.1) is 5.82 Å². The molecule has 1 saturated carbocycles. The molecular formula is C22H19FN4S2. The van der Waals surface area contributed by atoms with Crippen molar-refractivity contribution in [1.82, 2.24) is 19.7 Å². The summed E-state index contributed by atoms with van der Waals surface area (Å²) in [6.45, 7) is 0.792. The van der Waals surface area contributed by atoms with Gasteiger partial charge in [-0.05, 0) is 42.7 Å². The molecule has 0 aliphatic heterocycles. The molecule has 2 aromatic heterocycles. The third kappa shape index (κ3) is 4.26. The van der Waals surface area contributed by atoms with Gasteiger partial charge in [0.2, 0.25) is 0 Å². The lowest BCUT2D eigenvalue weighted by Crippen LogP contribution is -2.06. The normalized spacial score (nSPS) is 13.7. The number of nitrogens with zero attached hydrogens (tertiary/aromatic N) is 4. The van der Waals surface area contributed by atoms with Gasteiger partial charge in [-0.3, -0.25) is 0 Å². The van der Waals surface area contributed by atoms with E-state index < -0.39 is 0 Å². The molecule has 2 heterocycles. The molecule has 7 heteroatoms. The minimum absolute atomic E-state index is 0.231. The van der Waals surface area contributed by atoms with Crippen LogP contribution in [-0.2, 0) is 12.3 Å². The van der Waals surface area contributed by atoms with Crippen molar-refractivity contribution in [3.8, 4) is 10.6 Å². The molecule has 0 radical (unpaired) electrons. The molecular weight excluding hydrogens is 403 g/mol. The van der Waals surface area contributed by atoms with Crippen LogP contribution in [0.2, 0.25) is 0 Å². The van der Waals surface area contributed by atoms with Gasteiger partial charge in [-0.2, -0.15) is 0 Å². The van der Waals surface area contributed by atoms with Crippen LogP contribution in [0.15, 0.2) is 65.1 Å².